The van der Waals surface area contributed by atoms with Gasteiger partial charge in [0.25, 0.3) is 11.5 Å². The Morgan fingerprint density at radius 2 is 2.20 bits per heavy atom. The number of hydrogen-bond donors (Lipinski definition) is 1. The van der Waals surface area contributed by atoms with Crippen LogP contribution in [0.15, 0.2) is 28.4 Å². The van der Waals surface area contributed by atoms with Gasteiger partial charge in [-0.2, -0.15) is 0 Å². The second-order valence-corrected chi connectivity index (χ2v) is 6.11. The molecule has 0 fully saturated rings. The minimum atomic E-state index is -0.307. The van der Waals surface area contributed by atoms with Crippen LogP contribution in [0.25, 0.3) is 0 Å². The van der Waals surface area contributed by atoms with Crippen molar-refractivity contribution in [3.8, 4) is 0 Å². The van der Waals surface area contributed by atoms with Crippen LogP contribution < -0.4 is 5.56 Å². The van der Waals surface area contributed by atoms with E-state index < -0.39 is 0 Å². The fraction of sp³-hybridized carbons (Fsp3) is 0.333. The highest BCUT2D eigenvalue weighted by molar-refractivity contribution is 7.10. The molecule has 5 heteroatoms. The Morgan fingerprint density at radius 1 is 1.40 bits per heavy atom. The Bertz CT molecular complexity index is 717. The van der Waals surface area contributed by atoms with E-state index in [-0.39, 0.29) is 23.1 Å². The standard InChI is InChI=1S/C15H16N2O2S/c1-9-3-4-12(14(18)16-9)15(19)17-7-5-13-11(10(17)2)6-8-20-13/h3-4,6,8,10H,5,7H2,1-2H3,(H,16,18). The Morgan fingerprint density at radius 3 is 2.95 bits per heavy atom. The number of aromatic nitrogens is 1. The summed E-state index contributed by atoms with van der Waals surface area (Å²) in [6, 6.07) is 5.48. The van der Waals surface area contributed by atoms with Gasteiger partial charge in [-0.1, -0.05) is 0 Å². The van der Waals surface area contributed by atoms with E-state index >= 15 is 0 Å². The van der Waals surface area contributed by atoms with Gasteiger partial charge in [-0.25, -0.2) is 0 Å². The van der Waals surface area contributed by atoms with E-state index in [4.69, 9.17) is 0 Å². The second kappa shape index (κ2) is 4.90. The maximum Gasteiger partial charge on any atom is 0.260 e. The van der Waals surface area contributed by atoms with E-state index in [0.717, 1.165) is 12.1 Å². The van der Waals surface area contributed by atoms with E-state index in [1.165, 1.54) is 10.4 Å². The highest BCUT2D eigenvalue weighted by Gasteiger charge is 2.29. The third-order valence-corrected chi connectivity index (χ3v) is 4.82. The maximum absolute atomic E-state index is 12.6. The minimum absolute atomic E-state index is 0.0261. The number of aromatic amines is 1. The van der Waals surface area contributed by atoms with E-state index in [2.05, 4.69) is 16.4 Å². The molecule has 0 bridgehead atoms. The number of aryl methyl sites for hydroxylation is 1. The largest absolute Gasteiger partial charge is 0.331 e. The van der Waals surface area contributed by atoms with Crippen molar-refractivity contribution in [2.24, 2.45) is 0 Å². The van der Waals surface area contributed by atoms with Crippen LogP contribution >= 0.6 is 11.3 Å². The van der Waals surface area contributed by atoms with Gasteiger partial charge < -0.3 is 9.88 Å². The van der Waals surface area contributed by atoms with Crippen LogP contribution in [0.4, 0.5) is 0 Å². The lowest BCUT2D eigenvalue weighted by molar-refractivity contribution is 0.0677. The second-order valence-electron chi connectivity index (χ2n) is 5.11. The van der Waals surface area contributed by atoms with Crippen molar-refractivity contribution in [3.63, 3.8) is 0 Å². The first-order valence-corrected chi connectivity index (χ1v) is 7.53. The lowest BCUT2D eigenvalue weighted by Gasteiger charge is -2.33. The molecule has 0 spiro atoms. The number of rotatable bonds is 1. The van der Waals surface area contributed by atoms with Crippen LogP contribution in [-0.4, -0.2) is 22.3 Å². The average Bonchev–Trinajstić information content (AvgIpc) is 2.87. The van der Waals surface area contributed by atoms with Gasteiger partial charge in [-0.05, 0) is 49.4 Å². The molecule has 2 aromatic rings. The Labute approximate surface area is 121 Å². The molecule has 1 amide bonds. The van der Waals surface area contributed by atoms with E-state index in [0.29, 0.717) is 6.54 Å². The number of nitrogens with zero attached hydrogens (tertiary/aromatic N) is 1. The molecular formula is C15H16N2O2S. The number of hydrogen-bond acceptors (Lipinski definition) is 3. The number of amides is 1. The highest BCUT2D eigenvalue weighted by atomic mass is 32.1. The predicted octanol–water partition coefficient (Wildman–Crippen LogP) is 2.50. The number of carbonyl (C=O) groups excluding carboxylic acids is 1. The first-order valence-electron chi connectivity index (χ1n) is 6.65. The summed E-state index contributed by atoms with van der Waals surface area (Å²) in [5, 5.41) is 2.06. The molecule has 104 valence electrons. The molecule has 0 aliphatic carbocycles. The van der Waals surface area contributed by atoms with Crippen molar-refractivity contribution in [2.45, 2.75) is 26.3 Å². The predicted molar refractivity (Wildman–Crippen MR) is 79.3 cm³/mol. The summed E-state index contributed by atoms with van der Waals surface area (Å²) in [4.78, 5) is 30.3. The first kappa shape index (κ1) is 13.1. The zero-order chi connectivity index (χ0) is 14.3. The van der Waals surface area contributed by atoms with Crippen molar-refractivity contribution >= 4 is 17.2 Å². The molecule has 1 aliphatic rings. The Balaban J connectivity index is 1.94. The molecule has 1 N–H and O–H groups in total. The molecule has 3 rings (SSSR count). The third kappa shape index (κ3) is 2.08. The average molecular weight is 288 g/mol. The van der Waals surface area contributed by atoms with Gasteiger partial charge in [0.1, 0.15) is 5.56 Å². The van der Waals surface area contributed by atoms with Gasteiger partial charge in [0.15, 0.2) is 0 Å². The number of H-pyrrole nitrogens is 1. The summed E-state index contributed by atoms with van der Waals surface area (Å²) in [5.41, 5.74) is 1.89. The maximum atomic E-state index is 12.6. The quantitative estimate of drug-likeness (QED) is 0.876. The summed E-state index contributed by atoms with van der Waals surface area (Å²) < 4.78 is 0. The third-order valence-electron chi connectivity index (χ3n) is 3.82. The summed E-state index contributed by atoms with van der Waals surface area (Å²) in [6.45, 7) is 4.49. The summed E-state index contributed by atoms with van der Waals surface area (Å²) in [7, 11) is 0. The van der Waals surface area contributed by atoms with Crippen molar-refractivity contribution < 1.29 is 4.79 Å². The fourth-order valence-corrected chi connectivity index (χ4v) is 3.64. The smallest absolute Gasteiger partial charge is 0.260 e. The molecule has 2 aromatic heterocycles. The van der Waals surface area contributed by atoms with Crippen LogP contribution in [0.5, 0.6) is 0 Å². The van der Waals surface area contributed by atoms with Gasteiger partial charge in [0.05, 0.1) is 6.04 Å². The lowest BCUT2D eigenvalue weighted by Crippen LogP contribution is -2.40. The molecule has 0 saturated heterocycles. The molecule has 3 heterocycles. The normalized spacial score (nSPS) is 17.9. The Kier molecular flexibility index (Phi) is 3.22. The van der Waals surface area contributed by atoms with Crippen LogP contribution in [0, 0.1) is 6.92 Å². The molecule has 0 saturated carbocycles. The van der Waals surface area contributed by atoms with Gasteiger partial charge in [-0.15, -0.1) is 11.3 Å². The molecule has 20 heavy (non-hydrogen) atoms. The van der Waals surface area contributed by atoms with Crippen LogP contribution in [0.1, 0.15) is 39.5 Å². The number of pyridine rings is 1. The molecular weight excluding hydrogens is 272 g/mol. The Hall–Kier alpha value is -1.88. The number of carbonyl (C=O) groups is 1. The number of nitrogens with one attached hydrogen (secondary N) is 1. The van der Waals surface area contributed by atoms with Crippen molar-refractivity contribution in [1.29, 1.82) is 0 Å². The zero-order valence-corrected chi connectivity index (χ0v) is 12.3. The van der Waals surface area contributed by atoms with E-state index in [9.17, 15) is 9.59 Å². The van der Waals surface area contributed by atoms with E-state index in [1.807, 2.05) is 6.92 Å². The van der Waals surface area contributed by atoms with Crippen LogP contribution in [0.3, 0.4) is 0 Å². The molecule has 1 unspecified atom stereocenters. The summed E-state index contributed by atoms with van der Waals surface area (Å²) in [6.07, 6.45) is 0.868. The monoisotopic (exact) mass is 288 g/mol. The fourth-order valence-electron chi connectivity index (χ4n) is 2.68. The van der Waals surface area contributed by atoms with Gasteiger partial charge in [0, 0.05) is 17.1 Å². The van der Waals surface area contributed by atoms with Gasteiger partial charge >= 0.3 is 0 Å². The van der Waals surface area contributed by atoms with Gasteiger partial charge in [-0.3, -0.25) is 9.59 Å². The molecule has 0 radical (unpaired) electrons. The van der Waals surface area contributed by atoms with E-state index in [1.54, 1.807) is 35.3 Å². The van der Waals surface area contributed by atoms with Crippen LogP contribution in [0.2, 0.25) is 0 Å². The zero-order valence-electron chi connectivity index (χ0n) is 11.5. The number of thiophene rings is 1. The molecule has 0 aromatic carbocycles. The lowest BCUT2D eigenvalue weighted by atomic mass is 10.0. The number of fused-ring (bicyclic) bond motifs is 1. The topological polar surface area (TPSA) is 53.2 Å². The van der Waals surface area contributed by atoms with Gasteiger partial charge in [0.2, 0.25) is 0 Å². The first-order chi connectivity index (χ1) is 9.58. The summed E-state index contributed by atoms with van der Waals surface area (Å²) in [5.74, 6) is -0.185. The highest BCUT2D eigenvalue weighted by Crippen LogP contribution is 2.33. The molecule has 1 atom stereocenters. The SMILES string of the molecule is Cc1ccc(C(=O)N2CCc3sccc3C2C)c(=O)[nH]1. The van der Waals surface area contributed by atoms with Crippen LogP contribution in [-0.2, 0) is 6.42 Å². The van der Waals surface area contributed by atoms with Crippen molar-refractivity contribution in [3.05, 3.63) is 55.6 Å². The van der Waals surface area contributed by atoms with Crippen molar-refractivity contribution in [2.75, 3.05) is 6.54 Å². The molecule has 4 nitrogen and oxygen atoms in total. The summed E-state index contributed by atoms with van der Waals surface area (Å²) >= 11 is 1.74. The van der Waals surface area contributed by atoms with Crippen molar-refractivity contribution in [1.82, 2.24) is 9.88 Å². The molecule has 1 aliphatic heterocycles. The minimum Gasteiger partial charge on any atom is -0.331 e.